The molecule has 186 valence electrons. The molecule has 35 heavy (non-hydrogen) atoms. The van der Waals surface area contributed by atoms with Crippen LogP contribution in [-0.4, -0.2) is 34.8 Å². The van der Waals surface area contributed by atoms with E-state index in [9.17, 15) is 14.4 Å². The van der Waals surface area contributed by atoms with Gasteiger partial charge in [-0.25, -0.2) is 4.79 Å². The van der Waals surface area contributed by atoms with E-state index in [1.807, 2.05) is 48.5 Å². The predicted molar refractivity (Wildman–Crippen MR) is 136 cm³/mol. The van der Waals surface area contributed by atoms with Crippen molar-refractivity contribution in [3.05, 3.63) is 71.8 Å². The molecule has 1 saturated carbocycles. The predicted octanol–water partition coefficient (Wildman–Crippen LogP) is 5.00. The second-order valence-corrected chi connectivity index (χ2v) is 11.2. The van der Waals surface area contributed by atoms with Crippen LogP contribution in [0.5, 0.6) is 0 Å². The molecule has 1 heterocycles. The van der Waals surface area contributed by atoms with Crippen molar-refractivity contribution >= 4 is 17.8 Å². The van der Waals surface area contributed by atoms with Gasteiger partial charge in [0.15, 0.2) is 0 Å². The lowest BCUT2D eigenvalue weighted by molar-refractivity contribution is -0.137. The molecule has 2 aromatic rings. The maximum atomic E-state index is 13.4. The number of benzene rings is 2. The summed E-state index contributed by atoms with van der Waals surface area (Å²) in [6.45, 7) is 6.14. The second-order valence-electron chi connectivity index (χ2n) is 11.2. The summed E-state index contributed by atoms with van der Waals surface area (Å²) in [6.07, 6.45) is 4.82. The van der Waals surface area contributed by atoms with Crippen molar-refractivity contribution in [1.29, 1.82) is 0 Å². The number of carbonyl (C=O) groups is 3. The molecule has 1 saturated heterocycles. The lowest BCUT2D eigenvalue weighted by atomic mass is 9.64. The number of imide groups is 1. The zero-order chi connectivity index (χ0) is 25.1. The zero-order valence-corrected chi connectivity index (χ0v) is 21.0. The molecule has 3 atom stereocenters. The SMILES string of the molecule is CC1CC(C)(C)CC2(C1)NC(=O)N(CC(=O)NC(CCCc1ccccc1)c1ccccc1)C2=O. The van der Waals surface area contributed by atoms with Crippen LogP contribution in [0.1, 0.15) is 70.0 Å². The largest absolute Gasteiger partial charge is 0.348 e. The average molecular weight is 476 g/mol. The van der Waals surface area contributed by atoms with Gasteiger partial charge in [-0.1, -0.05) is 81.4 Å². The van der Waals surface area contributed by atoms with Gasteiger partial charge in [0, 0.05) is 0 Å². The van der Waals surface area contributed by atoms with Gasteiger partial charge in [0.05, 0.1) is 6.04 Å². The number of hydrogen-bond donors (Lipinski definition) is 2. The standard InChI is InChI=1S/C29H37N3O3/c1-21-17-28(2,3)20-29(18-21)26(34)32(27(35)31-29)19-25(33)30-24(23-14-8-5-9-15-23)16-10-13-22-11-6-4-7-12-22/h4-9,11-12,14-15,21,24H,10,13,16-20H2,1-3H3,(H,30,33)(H,31,35). The van der Waals surface area contributed by atoms with E-state index in [4.69, 9.17) is 0 Å². The van der Waals surface area contributed by atoms with Gasteiger partial charge in [-0.2, -0.15) is 0 Å². The van der Waals surface area contributed by atoms with Crippen molar-refractivity contribution in [3.63, 3.8) is 0 Å². The van der Waals surface area contributed by atoms with Crippen LogP contribution >= 0.6 is 0 Å². The number of nitrogens with zero attached hydrogens (tertiary/aromatic N) is 1. The number of amides is 4. The molecule has 2 aliphatic rings. The van der Waals surface area contributed by atoms with E-state index in [0.29, 0.717) is 18.8 Å². The summed E-state index contributed by atoms with van der Waals surface area (Å²) in [5.41, 5.74) is 1.34. The Hall–Kier alpha value is -3.15. The highest BCUT2D eigenvalue weighted by molar-refractivity contribution is 6.09. The molecule has 1 aliphatic heterocycles. The van der Waals surface area contributed by atoms with E-state index in [0.717, 1.165) is 36.1 Å². The lowest BCUT2D eigenvalue weighted by Gasteiger charge is -2.43. The van der Waals surface area contributed by atoms with Crippen LogP contribution in [-0.2, 0) is 16.0 Å². The highest BCUT2D eigenvalue weighted by atomic mass is 16.2. The molecule has 2 aromatic carbocycles. The van der Waals surface area contributed by atoms with Gasteiger partial charge < -0.3 is 10.6 Å². The van der Waals surface area contributed by atoms with Crippen LogP contribution in [0.2, 0.25) is 0 Å². The summed E-state index contributed by atoms with van der Waals surface area (Å²) in [6, 6.07) is 19.5. The van der Waals surface area contributed by atoms with Gasteiger partial charge in [0.25, 0.3) is 5.91 Å². The number of nitrogens with one attached hydrogen (secondary N) is 2. The Balaban J connectivity index is 1.41. The molecule has 0 bridgehead atoms. The van der Waals surface area contributed by atoms with Crippen LogP contribution in [0.15, 0.2) is 60.7 Å². The van der Waals surface area contributed by atoms with Gasteiger partial charge >= 0.3 is 6.03 Å². The average Bonchev–Trinajstić information content (AvgIpc) is 3.01. The third-order valence-corrected chi connectivity index (χ3v) is 7.26. The van der Waals surface area contributed by atoms with E-state index in [-0.39, 0.29) is 29.8 Å². The third-order valence-electron chi connectivity index (χ3n) is 7.26. The third kappa shape index (κ3) is 5.92. The first kappa shape index (κ1) is 25.0. The topological polar surface area (TPSA) is 78.5 Å². The minimum absolute atomic E-state index is 0.0456. The maximum absolute atomic E-state index is 13.4. The van der Waals surface area contributed by atoms with E-state index < -0.39 is 11.6 Å². The Bertz CT molecular complexity index is 1050. The zero-order valence-electron chi connectivity index (χ0n) is 21.0. The van der Waals surface area contributed by atoms with Crippen molar-refractivity contribution < 1.29 is 14.4 Å². The molecule has 2 fully saturated rings. The van der Waals surface area contributed by atoms with Crippen molar-refractivity contribution in [1.82, 2.24) is 15.5 Å². The Kier molecular flexibility index (Phi) is 7.29. The number of aryl methyl sites for hydroxylation is 1. The molecule has 6 heteroatoms. The van der Waals surface area contributed by atoms with Crippen molar-refractivity contribution in [2.75, 3.05) is 6.54 Å². The van der Waals surface area contributed by atoms with Crippen LogP contribution in [0.3, 0.4) is 0 Å². The van der Waals surface area contributed by atoms with Crippen LogP contribution in [0.4, 0.5) is 4.79 Å². The van der Waals surface area contributed by atoms with Gasteiger partial charge in [-0.05, 0) is 61.0 Å². The summed E-state index contributed by atoms with van der Waals surface area (Å²) in [4.78, 5) is 40.4. The molecule has 0 aromatic heterocycles. The fraction of sp³-hybridized carbons (Fsp3) is 0.483. The Morgan fingerprint density at radius 1 is 1.06 bits per heavy atom. The summed E-state index contributed by atoms with van der Waals surface area (Å²) < 4.78 is 0. The van der Waals surface area contributed by atoms with E-state index in [2.05, 4.69) is 43.5 Å². The van der Waals surface area contributed by atoms with Crippen LogP contribution < -0.4 is 10.6 Å². The molecule has 0 radical (unpaired) electrons. The molecule has 1 spiro atoms. The van der Waals surface area contributed by atoms with Gasteiger partial charge in [-0.15, -0.1) is 0 Å². The molecular formula is C29H37N3O3. The number of rotatable bonds is 8. The molecule has 4 rings (SSSR count). The summed E-state index contributed by atoms with van der Waals surface area (Å²) in [7, 11) is 0. The fourth-order valence-corrected chi connectivity index (χ4v) is 6.20. The highest BCUT2D eigenvalue weighted by Crippen LogP contribution is 2.46. The Labute approximate surface area is 208 Å². The van der Waals surface area contributed by atoms with Crippen LogP contribution in [0.25, 0.3) is 0 Å². The number of carbonyl (C=O) groups excluding carboxylic acids is 3. The molecule has 6 nitrogen and oxygen atoms in total. The van der Waals surface area contributed by atoms with Gasteiger partial charge in [-0.3, -0.25) is 14.5 Å². The second kappa shape index (κ2) is 10.2. The smallest absolute Gasteiger partial charge is 0.325 e. The van der Waals surface area contributed by atoms with E-state index in [1.54, 1.807) is 0 Å². The molecule has 3 unspecified atom stereocenters. The van der Waals surface area contributed by atoms with E-state index >= 15 is 0 Å². The molecule has 2 N–H and O–H groups in total. The minimum Gasteiger partial charge on any atom is -0.348 e. The highest BCUT2D eigenvalue weighted by Gasteiger charge is 2.56. The minimum atomic E-state index is -0.896. The summed E-state index contributed by atoms with van der Waals surface area (Å²) in [5.74, 6) is -0.260. The first-order valence-corrected chi connectivity index (χ1v) is 12.7. The fourth-order valence-electron chi connectivity index (χ4n) is 6.20. The molecule has 4 amide bonds. The molecule has 1 aliphatic carbocycles. The van der Waals surface area contributed by atoms with E-state index in [1.165, 1.54) is 5.56 Å². The Morgan fingerprint density at radius 2 is 1.71 bits per heavy atom. The number of hydrogen-bond acceptors (Lipinski definition) is 3. The lowest BCUT2D eigenvalue weighted by Crippen LogP contribution is -2.54. The first-order valence-electron chi connectivity index (χ1n) is 12.7. The summed E-state index contributed by atoms with van der Waals surface area (Å²) in [5, 5.41) is 6.05. The van der Waals surface area contributed by atoms with Gasteiger partial charge in [0.2, 0.25) is 5.91 Å². The van der Waals surface area contributed by atoms with Crippen molar-refractivity contribution in [2.24, 2.45) is 11.3 Å². The maximum Gasteiger partial charge on any atom is 0.325 e. The Morgan fingerprint density at radius 3 is 2.37 bits per heavy atom. The summed E-state index contributed by atoms with van der Waals surface area (Å²) >= 11 is 0. The van der Waals surface area contributed by atoms with Crippen molar-refractivity contribution in [3.8, 4) is 0 Å². The van der Waals surface area contributed by atoms with Crippen molar-refractivity contribution in [2.45, 2.75) is 70.9 Å². The van der Waals surface area contributed by atoms with Crippen LogP contribution in [0, 0.1) is 11.3 Å². The number of urea groups is 1. The first-order chi connectivity index (χ1) is 16.7. The quantitative estimate of drug-likeness (QED) is 0.527. The van der Waals surface area contributed by atoms with Gasteiger partial charge in [0.1, 0.15) is 12.1 Å². The normalized spacial score (nSPS) is 24.3. The molecular weight excluding hydrogens is 438 g/mol. The monoisotopic (exact) mass is 475 g/mol.